The minimum Gasteiger partial charge on any atom is -0.493 e. The van der Waals surface area contributed by atoms with E-state index in [0.29, 0.717) is 30.2 Å². The third kappa shape index (κ3) is 7.69. The molecule has 1 aliphatic heterocycles. The Labute approximate surface area is 205 Å². The van der Waals surface area contributed by atoms with Gasteiger partial charge in [0, 0.05) is 5.56 Å². The minimum absolute atomic E-state index is 0.222. The molecule has 1 aromatic heterocycles. The standard InChI is InChI=1S/C29H42N2O3/c1-3-5-7-8-22-10-12-23(13-11-22)20-32-25-16-14-24(15-17-25)29-30-18-26(19-31-29)33-21-28-27(34-28)9-6-4-2/h14-19,22-23,27-28H,3-13,20-21H2,1-2H3/t22-,23-,27-,28-/m0/s1. The van der Waals surface area contributed by atoms with E-state index in [1.807, 2.05) is 24.3 Å². The smallest absolute Gasteiger partial charge is 0.159 e. The maximum absolute atomic E-state index is 6.11. The van der Waals surface area contributed by atoms with Gasteiger partial charge in [0.2, 0.25) is 0 Å². The second-order valence-corrected chi connectivity index (χ2v) is 10.1. The van der Waals surface area contributed by atoms with E-state index in [0.717, 1.165) is 30.3 Å². The van der Waals surface area contributed by atoms with Crippen molar-refractivity contribution in [2.75, 3.05) is 13.2 Å². The number of nitrogens with zero attached hydrogens (tertiary/aromatic N) is 2. The summed E-state index contributed by atoms with van der Waals surface area (Å²) in [6, 6.07) is 8.12. The largest absolute Gasteiger partial charge is 0.493 e. The van der Waals surface area contributed by atoms with Crippen LogP contribution in [0.15, 0.2) is 36.7 Å². The lowest BCUT2D eigenvalue weighted by Crippen LogP contribution is -2.20. The van der Waals surface area contributed by atoms with Gasteiger partial charge in [-0.05, 0) is 55.4 Å². The lowest BCUT2D eigenvalue weighted by Gasteiger charge is -2.28. The van der Waals surface area contributed by atoms with Crippen molar-refractivity contribution in [2.24, 2.45) is 11.8 Å². The van der Waals surface area contributed by atoms with E-state index >= 15 is 0 Å². The Kier molecular flexibility index (Phi) is 9.61. The zero-order chi connectivity index (χ0) is 23.6. The highest BCUT2D eigenvalue weighted by Gasteiger charge is 2.38. The van der Waals surface area contributed by atoms with E-state index < -0.39 is 0 Å². The maximum Gasteiger partial charge on any atom is 0.159 e. The molecule has 4 rings (SSSR count). The molecule has 186 valence electrons. The molecule has 0 amide bonds. The lowest BCUT2D eigenvalue weighted by atomic mass is 9.80. The summed E-state index contributed by atoms with van der Waals surface area (Å²) in [7, 11) is 0. The molecule has 0 radical (unpaired) electrons. The molecule has 2 aliphatic rings. The Morgan fingerprint density at radius 2 is 1.41 bits per heavy atom. The van der Waals surface area contributed by atoms with Crippen molar-refractivity contribution >= 4 is 0 Å². The van der Waals surface area contributed by atoms with Crippen LogP contribution < -0.4 is 9.47 Å². The summed E-state index contributed by atoms with van der Waals surface area (Å²) in [5.74, 6) is 3.96. The van der Waals surface area contributed by atoms with Gasteiger partial charge >= 0.3 is 0 Å². The van der Waals surface area contributed by atoms with Crippen LogP contribution in [0.25, 0.3) is 11.4 Å². The van der Waals surface area contributed by atoms with E-state index in [1.54, 1.807) is 12.4 Å². The monoisotopic (exact) mass is 466 g/mol. The van der Waals surface area contributed by atoms with Crippen molar-refractivity contribution in [3.05, 3.63) is 36.7 Å². The van der Waals surface area contributed by atoms with Crippen molar-refractivity contribution in [1.29, 1.82) is 0 Å². The van der Waals surface area contributed by atoms with Crippen LogP contribution in [0.5, 0.6) is 11.5 Å². The van der Waals surface area contributed by atoms with Gasteiger partial charge in [0.25, 0.3) is 0 Å². The predicted octanol–water partition coefficient (Wildman–Crippen LogP) is 7.25. The summed E-state index contributed by atoms with van der Waals surface area (Å²) in [6.07, 6.45) is 18.5. The summed E-state index contributed by atoms with van der Waals surface area (Å²) >= 11 is 0. The van der Waals surface area contributed by atoms with Gasteiger partial charge in [0.15, 0.2) is 11.6 Å². The van der Waals surface area contributed by atoms with Crippen molar-refractivity contribution in [3.8, 4) is 22.9 Å². The topological polar surface area (TPSA) is 56.8 Å². The maximum atomic E-state index is 6.11. The first-order valence-corrected chi connectivity index (χ1v) is 13.6. The van der Waals surface area contributed by atoms with Crippen LogP contribution >= 0.6 is 0 Å². The fraction of sp³-hybridized carbons (Fsp3) is 0.655. The van der Waals surface area contributed by atoms with Crippen molar-refractivity contribution in [3.63, 3.8) is 0 Å². The molecule has 0 N–H and O–H groups in total. The van der Waals surface area contributed by atoms with Crippen molar-refractivity contribution in [1.82, 2.24) is 9.97 Å². The van der Waals surface area contributed by atoms with Crippen LogP contribution in [-0.4, -0.2) is 35.4 Å². The summed E-state index contributed by atoms with van der Waals surface area (Å²) in [5, 5.41) is 0. The lowest BCUT2D eigenvalue weighted by molar-refractivity contribution is 0.177. The number of benzene rings is 1. The van der Waals surface area contributed by atoms with Gasteiger partial charge < -0.3 is 14.2 Å². The number of ether oxygens (including phenoxy) is 3. The first kappa shape index (κ1) is 25.0. The SMILES string of the molecule is CCCCC[C@H]1CC[C@H](COc2ccc(-c3ncc(OC[C@@H]4O[C@H]4CCCC)cn3)cc2)CC1. The van der Waals surface area contributed by atoms with Crippen molar-refractivity contribution in [2.45, 2.75) is 96.7 Å². The molecule has 1 aromatic carbocycles. The Morgan fingerprint density at radius 1 is 0.735 bits per heavy atom. The molecule has 1 saturated heterocycles. The summed E-state index contributed by atoms with van der Waals surface area (Å²) < 4.78 is 17.6. The van der Waals surface area contributed by atoms with Gasteiger partial charge in [-0.15, -0.1) is 0 Å². The van der Waals surface area contributed by atoms with Gasteiger partial charge in [0.1, 0.15) is 18.5 Å². The molecule has 1 saturated carbocycles. The molecule has 5 nitrogen and oxygen atoms in total. The van der Waals surface area contributed by atoms with Gasteiger partial charge in [-0.3, -0.25) is 0 Å². The van der Waals surface area contributed by atoms with Crippen LogP contribution in [0, 0.1) is 11.8 Å². The molecule has 2 aromatic rings. The fourth-order valence-electron chi connectivity index (χ4n) is 4.99. The second kappa shape index (κ2) is 13.1. The molecule has 2 fully saturated rings. The quantitative estimate of drug-likeness (QED) is 0.217. The number of aromatic nitrogens is 2. The van der Waals surface area contributed by atoms with Gasteiger partial charge in [-0.1, -0.05) is 65.2 Å². The van der Waals surface area contributed by atoms with Gasteiger partial charge in [-0.25, -0.2) is 9.97 Å². The summed E-state index contributed by atoms with van der Waals surface area (Å²) in [4.78, 5) is 8.96. The fourth-order valence-corrected chi connectivity index (χ4v) is 4.99. The Balaban J connectivity index is 1.16. The number of epoxide rings is 1. The molecule has 1 aliphatic carbocycles. The Morgan fingerprint density at radius 3 is 2.12 bits per heavy atom. The highest BCUT2D eigenvalue weighted by molar-refractivity contribution is 5.56. The molecule has 0 bridgehead atoms. The average Bonchev–Trinajstić information content (AvgIpc) is 3.65. The second-order valence-electron chi connectivity index (χ2n) is 10.1. The normalized spacial score (nSPS) is 24.1. The molecule has 0 spiro atoms. The first-order valence-electron chi connectivity index (χ1n) is 13.6. The minimum atomic E-state index is 0.222. The number of hydrogen-bond acceptors (Lipinski definition) is 5. The molecule has 2 atom stereocenters. The number of rotatable bonds is 14. The third-order valence-corrected chi connectivity index (χ3v) is 7.35. The van der Waals surface area contributed by atoms with Crippen LogP contribution in [0.2, 0.25) is 0 Å². The predicted molar refractivity (Wildman–Crippen MR) is 136 cm³/mol. The van der Waals surface area contributed by atoms with Crippen LogP contribution in [-0.2, 0) is 4.74 Å². The Hall–Kier alpha value is -2.14. The van der Waals surface area contributed by atoms with E-state index in [-0.39, 0.29) is 6.10 Å². The third-order valence-electron chi connectivity index (χ3n) is 7.35. The summed E-state index contributed by atoms with van der Waals surface area (Å²) in [5.41, 5.74) is 0.983. The molecule has 5 heteroatoms. The van der Waals surface area contributed by atoms with Crippen molar-refractivity contribution < 1.29 is 14.2 Å². The molecular weight excluding hydrogens is 424 g/mol. The van der Waals surface area contributed by atoms with E-state index in [2.05, 4.69) is 23.8 Å². The number of unbranched alkanes of at least 4 members (excludes halogenated alkanes) is 3. The summed E-state index contributed by atoms with van der Waals surface area (Å²) in [6.45, 7) is 5.89. The first-order chi connectivity index (χ1) is 16.7. The van der Waals surface area contributed by atoms with Crippen LogP contribution in [0.4, 0.5) is 0 Å². The molecule has 0 unspecified atom stereocenters. The van der Waals surface area contributed by atoms with Crippen LogP contribution in [0.1, 0.15) is 84.5 Å². The highest BCUT2D eigenvalue weighted by Crippen LogP contribution is 2.33. The average molecular weight is 467 g/mol. The van der Waals surface area contributed by atoms with Gasteiger partial charge in [0.05, 0.1) is 25.1 Å². The molecule has 2 heterocycles. The molecule has 34 heavy (non-hydrogen) atoms. The Bertz CT molecular complexity index is 831. The van der Waals surface area contributed by atoms with Crippen LogP contribution in [0.3, 0.4) is 0 Å². The van der Waals surface area contributed by atoms with E-state index in [9.17, 15) is 0 Å². The zero-order valence-corrected chi connectivity index (χ0v) is 21.1. The zero-order valence-electron chi connectivity index (χ0n) is 21.1. The van der Waals surface area contributed by atoms with E-state index in [1.165, 1.54) is 64.2 Å². The van der Waals surface area contributed by atoms with E-state index in [4.69, 9.17) is 14.2 Å². The molecular formula is C29H42N2O3. The number of hydrogen-bond donors (Lipinski definition) is 0. The highest BCUT2D eigenvalue weighted by atomic mass is 16.6. The van der Waals surface area contributed by atoms with Gasteiger partial charge in [-0.2, -0.15) is 0 Å².